The van der Waals surface area contributed by atoms with Gasteiger partial charge in [0.25, 0.3) is 0 Å². The summed E-state index contributed by atoms with van der Waals surface area (Å²) in [5, 5.41) is 3.11. The number of rotatable bonds is 2. The van der Waals surface area contributed by atoms with E-state index in [1.807, 2.05) is 0 Å². The van der Waals surface area contributed by atoms with Crippen LogP contribution in [0, 0.1) is 0 Å². The molecule has 1 aliphatic carbocycles. The Morgan fingerprint density at radius 1 is 1.46 bits per heavy atom. The predicted octanol–water partition coefficient (Wildman–Crippen LogP) is 1.38. The van der Waals surface area contributed by atoms with Gasteiger partial charge in [0.1, 0.15) is 0 Å². The van der Waals surface area contributed by atoms with Crippen LogP contribution < -0.4 is 5.73 Å². The highest BCUT2D eigenvalue weighted by molar-refractivity contribution is 5.85. The smallest absolute Gasteiger partial charge is 0.300 e. The largest absolute Gasteiger partial charge is 0.337 e. The SMILES string of the molecule is Cl.NC1(c2nc(C(F)F)no2)CC1. The minimum absolute atomic E-state index is 0. The van der Waals surface area contributed by atoms with Gasteiger partial charge in [-0.25, -0.2) is 8.78 Å². The second-order valence-corrected chi connectivity index (χ2v) is 2.91. The molecule has 1 aliphatic rings. The summed E-state index contributed by atoms with van der Waals surface area (Å²) in [7, 11) is 0. The van der Waals surface area contributed by atoms with Crippen molar-refractivity contribution in [1.82, 2.24) is 10.1 Å². The van der Waals surface area contributed by atoms with Crippen LogP contribution in [0.25, 0.3) is 0 Å². The number of hydrogen-bond acceptors (Lipinski definition) is 4. The van der Waals surface area contributed by atoms with Crippen molar-refractivity contribution < 1.29 is 13.3 Å². The fourth-order valence-electron chi connectivity index (χ4n) is 0.874. The molecule has 1 heterocycles. The molecule has 0 atom stereocenters. The molecule has 1 aromatic rings. The summed E-state index contributed by atoms with van der Waals surface area (Å²) >= 11 is 0. The van der Waals surface area contributed by atoms with Gasteiger partial charge < -0.3 is 10.3 Å². The van der Waals surface area contributed by atoms with Crippen molar-refractivity contribution in [2.24, 2.45) is 5.73 Å². The van der Waals surface area contributed by atoms with Gasteiger partial charge in [-0.1, -0.05) is 5.16 Å². The molecule has 0 bridgehead atoms. The third-order valence-electron chi connectivity index (χ3n) is 1.85. The van der Waals surface area contributed by atoms with Gasteiger partial charge in [0, 0.05) is 0 Å². The zero-order valence-corrected chi connectivity index (χ0v) is 7.35. The molecule has 4 nitrogen and oxygen atoms in total. The minimum atomic E-state index is -2.69. The fraction of sp³-hybridized carbons (Fsp3) is 0.667. The van der Waals surface area contributed by atoms with Gasteiger partial charge in [-0.05, 0) is 12.8 Å². The normalized spacial score (nSPS) is 18.5. The summed E-state index contributed by atoms with van der Waals surface area (Å²) in [6.45, 7) is 0. The lowest BCUT2D eigenvalue weighted by Gasteiger charge is -1.97. The van der Waals surface area contributed by atoms with Crippen molar-refractivity contribution in [1.29, 1.82) is 0 Å². The van der Waals surface area contributed by atoms with E-state index in [4.69, 9.17) is 5.73 Å². The van der Waals surface area contributed by atoms with Crippen molar-refractivity contribution in [3.63, 3.8) is 0 Å². The molecule has 1 aromatic heterocycles. The Kier molecular flexibility index (Phi) is 2.53. The van der Waals surface area contributed by atoms with E-state index < -0.39 is 17.8 Å². The van der Waals surface area contributed by atoms with Crippen LogP contribution in [0.2, 0.25) is 0 Å². The molecule has 13 heavy (non-hydrogen) atoms. The molecule has 0 saturated heterocycles. The third-order valence-corrected chi connectivity index (χ3v) is 1.85. The summed E-state index contributed by atoms with van der Waals surface area (Å²) in [4.78, 5) is 3.49. The van der Waals surface area contributed by atoms with Gasteiger partial charge in [-0.3, -0.25) is 0 Å². The van der Waals surface area contributed by atoms with Crippen LogP contribution in [-0.4, -0.2) is 10.1 Å². The Balaban J connectivity index is 0.000000845. The predicted molar refractivity (Wildman–Crippen MR) is 41.6 cm³/mol. The average Bonchev–Trinajstić information content (AvgIpc) is 2.61. The molecule has 0 radical (unpaired) electrons. The number of alkyl halides is 2. The van der Waals surface area contributed by atoms with Gasteiger partial charge in [-0.15, -0.1) is 12.4 Å². The zero-order valence-electron chi connectivity index (χ0n) is 6.54. The molecule has 7 heteroatoms. The summed E-state index contributed by atoms with van der Waals surface area (Å²) in [5.41, 5.74) is 5.02. The Hall–Kier alpha value is -0.750. The maximum atomic E-state index is 12.0. The first-order valence-electron chi connectivity index (χ1n) is 3.53. The summed E-state index contributed by atoms with van der Waals surface area (Å²) < 4.78 is 28.5. The molecule has 2 N–H and O–H groups in total. The van der Waals surface area contributed by atoms with Gasteiger partial charge in [-0.2, -0.15) is 4.98 Å². The number of nitrogens with two attached hydrogens (primary N) is 1. The van der Waals surface area contributed by atoms with Crippen molar-refractivity contribution in [2.45, 2.75) is 24.8 Å². The van der Waals surface area contributed by atoms with Crippen LogP contribution in [-0.2, 0) is 5.54 Å². The quantitative estimate of drug-likeness (QED) is 0.803. The Bertz CT molecular complexity index is 300. The molecule has 74 valence electrons. The highest BCUT2D eigenvalue weighted by atomic mass is 35.5. The molecule has 0 aromatic carbocycles. The number of halogens is 3. The summed E-state index contributed by atoms with van der Waals surface area (Å²) in [6, 6.07) is 0. The lowest BCUT2D eigenvalue weighted by atomic mass is 10.3. The number of aromatic nitrogens is 2. The lowest BCUT2D eigenvalue weighted by Crippen LogP contribution is -2.19. The Morgan fingerprint density at radius 2 is 2.08 bits per heavy atom. The first-order chi connectivity index (χ1) is 5.62. The van der Waals surface area contributed by atoms with Crippen molar-refractivity contribution in [3.05, 3.63) is 11.7 Å². The van der Waals surface area contributed by atoms with Gasteiger partial charge in [0.05, 0.1) is 5.54 Å². The molecule has 0 unspecified atom stereocenters. The van der Waals surface area contributed by atoms with Crippen LogP contribution in [0.1, 0.15) is 31.0 Å². The van der Waals surface area contributed by atoms with Crippen molar-refractivity contribution in [2.75, 3.05) is 0 Å². The maximum absolute atomic E-state index is 12.0. The van der Waals surface area contributed by atoms with E-state index in [2.05, 4.69) is 14.7 Å². The lowest BCUT2D eigenvalue weighted by molar-refractivity contribution is 0.136. The fourth-order valence-corrected chi connectivity index (χ4v) is 0.874. The van der Waals surface area contributed by atoms with E-state index in [0.29, 0.717) is 0 Å². The van der Waals surface area contributed by atoms with E-state index in [0.717, 1.165) is 12.8 Å². The molecule has 0 amide bonds. The van der Waals surface area contributed by atoms with Crippen LogP contribution in [0.15, 0.2) is 4.52 Å². The minimum Gasteiger partial charge on any atom is -0.337 e. The average molecular weight is 212 g/mol. The topological polar surface area (TPSA) is 64.9 Å². The number of hydrogen-bond donors (Lipinski definition) is 1. The van der Waals surface area contributed by atoms with Crippen LogP contribution in [0.4, 0.5) is 8.78 Å². The third kappa shape index (κ3) is 1.78. The molecule has 1 fully saturated rings. The zero-order chi connectivity index (χ0) is 8.77. The monoisotopic (exact) mass is 211 g/mol. The van der Waals surface area contributed by atoms with E-state index in [9.17, 15) is 8.78 Å². The number of nitrogens with zero attached hydrogens (tertiary/aromatic N) is 2. The molecular weight excluding hydrogens is 204 g/mol. The van der Waals surface area contributed by atoms with Gasteiger partial charge in [0.15, 0.2) is 0 Å². The van der Waals surface area contributed by atoms with Crippen LogP contribution in [0.5, 0.6) is 0 Å². The Labute approximate surface area is 78.9 Å². The highest BCUT2D eigenvalue weighted by Crippen LogP contribution is 2.41. The van der Waals surface area contributed by atoms with Crippen molar-refractivity contribution >= 4 is 12.4 Å². The summed E-state index contributed by atoms with van der Waals surface area (Å²) in [5.74, 6) is -0.459. The van der Waals surface area contributed by atoms with E-state index in [-0.39, 0.29) is 18.3 Å². The maximum Gasteiger partial charge on any atom is 0.300 e. The second-order valence-electron chi connectivity index (χ2n) is 2.91. The first-order valence-corrected chi connectivity index (χ1v) is 3.53. The summed E-state index contributed by atoms with van der Waals surface area (Å²) in [6.07, 6.45) is -1.25. The highest BCUT2D eigenvalue weighted by Gasteiger charge is 2.46. The molecular formula is C6H8ClF2N3O. The second kappa shape index (κ2) is 3.19. The molecule has 1 saturated carbocycles. The van der Waals surface area contributed by atoms with E-state index in [1.54, 1.807) is 0 Å². The van der Waals surface area contributed by atoms with E-state index in [1.165, 1.54) is 0 Å². The standard InChI is InChI=1S/C6H7F2N3O.ClH/c7-3(8)4-10-5(12-11-4)6(9)1-2-6;/h3H,1-2,9H2;1H. The molecule has 2 rings (SSSR count). The van der Waals surface area contributed by atoms with Gasteiger partial charge >= 0.3 is 6.43 Å². The Morgan fingerprint density at radius 3 is 2.46 bits per heavy atom. The van der Waals surface area contributed by atoms with Gasteiger partial charge in [0.2, 0.25) is 11.7 Å². The van der Waals surface area contributed by atoms with Crippen LogP contribution >= 0.6 is 12.4 Å². The molecule has 0 aliphatic heterocycles. The first kappa shape index (κ1) is 10.3. The molecule has 0 spiro atoms. The van der Waals surface area contributed by atoms with E-state index >= 15 is 0 Å². The van der Waals surface area contributed by atoms with Crippen LogP contribution in [0.3, 0.4) is 0 Å². The van der Waals surface area contributed by atoms with Crippen molar-refractivity contribution in [3.8, 4) is 0 Å².